The molecule has 0 rings (SSSR count). The van der Waals surface area contributed by atoms with Gasteiger partial charge in [0.2, 0.25) is 0 Å². The van der Waals surface area contributed by atoms with Gasteiger partial charge in [0.1, 0.15) is 0 Å². The zero-order valence-electron chi connectivity index (χ0n) is 2.36. The van der Waals surface area contributed by atoms with Gasteiger partial charge in [0.15, 0.2) is 0 Å². The van der Waals surface area contributed by atoms with Crippen LogP contribution in [0.1, 0.15) is 6.92 Å². The minimum atomic E-state index is 0.104. The van der Waals surface area contributed by atoms with Crippen LogP contribution in [-0.2, 0) is 4.79 Å². The molecular weight excluding hydrogens is 119 g/mol. The molecule has 0 spiro atoms. The van der Waals surface area contributed by atoms with Crippen LogP contribution in [0.15, 0.2) is 0 Å². The molecule has 0 saturated heterocycles. The molecule has 4 heavy (non-hydrogen) atoms. The molecule has 0 aromatic rings. The van der Waals surface area contributed by atoms with Gasteiger partial charge in [-0.2, -0.15) is 0 Å². The van der Waals surface area contributed by atoms with E-state index in [2.05, 4.69) is 0 Å². The molecule has 0 atom stereocenters. The van der Waals surface area contributed by atoms with Crippen LogP contribution in [0.4, 0.5) is 0 Å². The van der Waals surface area contributed by atoms with Crippen molar-refractivity contribution in [1.82, 2.24) is 0 Å². The van der Waals surface area contributed by atoms with Crippen molar-refractivity contribution in [1.29, 1.82) is 0 Å². The summed E-state index contributed by atoms with van der Waals surface area (Å²) in [5.74, 6) is 0. The number of rotatable bonds is 0. The van der Waals surface area contributed by atoms with E-state index in [0.717, 1.165) is 0 Å². The Kier molecular flexibility index (Phi) is 1.57. The van der Waals surface area contributed by atoms with Gasteiger partial charge in [0, 0.05) is 0 Å². The fourth-order valence-corrected chi connectivity index (χ4v) is 0. The van der Waals surface area contributed by atoms with Crippen molar-refractivity contribution < 1.29 is 4.79 Å². The van der Waals surface area contributed by atoms with E-state index in [0.29, 0.717) is 0 Å². The fraction of sp³-hybridized carbons (Fsp3) is 0.500. The Morgan fingerprint density at radius 3 is 2.00 bits per heavy atom. The van der Waals surface area contributed by atoms with Crippen LogP contribution in [0.3, 0.4) is 0 Å². The van der Waals surface area contributed by atoms with Crippen LogP contribution in [0.5, 0.6) is 0 Å². The molecule has 0 N–H and O–H groups in total. The van der Waals surface area contributed by atoms with E-state index >= 15 is 0 Å². The van der Waals surface area contributed by atoms with Gasteiger partial charge in [-0.05, 0) is 0 Å². The molecule has 1 nitrogen and oxygen atoms in total. The summed E-state index contributed by atoms with van der Waals surface area (Å²) in [6.07, 6.45) is 0. The second kappa shape index (κ2) is 1.50. The van der Waals surface area contributed by atoms with Crippen molar-refractivity contribution in [3.8, 4) is 0 Å². The molecule has 0 radical (unpaired) electrons. The Balaban J connectivity index is 2.80. The van der Waals surface area contributed by atoms with E-state index in [9.17, 15) is 4.79 Å². The van der Waals surface area contributed by atoms with Crippen LogP contribution < -0.4 is 0 Å². The molecular formula is C2H4OSe. The molecule has 0 unspecified atom stereocenters. The van der Waals surface area contributed by atoms with Crippen molar-refractivity contribution in [3.05, 3.63) is 0 Å². The van der Waals surface area contributed by atoms with Gasteiger partial charge >= 0.3 is 32.4 Å². The first-order valence-electron chi connectivity index (χ1n) is 0.928. The van der Waals surface area contributed by atoms with Gasteiger partial charge in [0.05, 0.1) is 0 Å². The monoisotopic (exact) mass is 124 g/mol. The van der Waals surface area contributed by atoms with Crippen molar-refractivity contribution in [2.45, 2.75) is 6.92 Å². The Labute approximate surface area is 33.2 Å². The molecule has 24 valence electrons. The Bertz CT molecular complexity index is 29.0. The van der Waals surface area contributed by atoms with Gasteiger partial charge in [0.25, 0.3) is 0 Å². The average Bonchev–Trinajstić information content (AvgIpc) is 0.811. The molecule has 0 aliphatic rings. The molecule has 0 aromatic heterocycles. The second-order valence-electron chi connectivity index (χ2n) is 0.519. The Morgan fingerprint density at radius 2 is 2.00 bits per heavy atom. The van der Waals surface area contributed by atoms with Crippen LogP contribution in [0.2, 0.25) is 0 Å². The van der Waals surface area contributed by atoms with E-state index in [1.165, 1.54) is 6.92 Å². The average molecular weight is 123 g/mol. The number of carbonyl (C=O) groups excluding carboxylic acids is 1. The third-order valence-electron chi connectivity index (χ3n) is 0. The van der Waals surface area contributed by atoms with Gasteiger partial charge < -0.3 is 0 Å². The van der Waals surface area contributed by atoms with Gasteiger partial charge in [-0.3, -0.25) is 0 Å². The summed E-state index contributed by atoms with van der Waals surface area (Å²) in [7, 11) is 0. The van der Waals surface area contributed by atoms with E-state index < -0.39 is 0 Å². The van der Waals surface area contributed by atoms with Crippen LogP contribution in [0.25, 0.3) is 0 Å². The summed E-state index contributed by atoms with van der Waals surface area (Å²) in [4.78, 5) is 9.42. The van der Waals surface area contributed by atoms with E-state index in [1.54, 1.807) is 0 Å². The third kappa shape index (κ3) is 86.3. The normalized spacial score (nSPS) is 6.50. The first-order chi connectivity index (χ1) is 1.73. The van der Waals surface area contributed by atoms with E-state index in [1.807, 2.05) is 16.0 Å². The minimum absolute atomic E-state index is 0.104. The topological polar surface area (TPSA) is 17.1 Å². The first kappa shape index (κ1) is 4.19. The molecule has 0 amide bonds. The predicted molar refractivity (Wildman–Crippen MR) is 17.8 cm³/mol. The number of carbonyl (C=O) groups is 1. The van der Waals surface area contributed by atoms with Crippen molar-refractivity contribution >= 4 is 20.7 Å². The van der Waals surface area contributed by atoms with Crippen LogP contribution in [-0.4, -0.2) is 20.7 Å². The van der Waals surface area contributed by atoms with Crippen LogP contribution in [0, 0.1) is 0 Å². The molecule has 0 aromatic carbocycles. The van der Waals surface area contributed by atoms with Crippen molar-refractivity contribution in [2.75, 3.05) is 0 Å². The van der Waals surface area contributed by atoms with E-state index in [-0.39, 0.29) is 4.68 Å². The summed E-state index contributed by atoms with van der Waals surface area (Å²) in [5, 5.41) is 0. The summed E-state index contributed by atoms with van der Waals surface area (Å²) in [5.41, 5.74) is 0. The van der Waals surface area contributed by atoms with Gasteiger partial charge in [-0.15, -0.1) is 0 Å². The summed E-state index contributed by atoms with van der Waals surface area (Å²) < 4.78 is 0.104. The molecule has 0 saturated carbocycles. The summed E-state index contributed by atoms with van der Waals surface area (Å²) >= 11 is 1.90. The maximum atomic E-state index is 9.42. The predicted octanol–water partition coefficient (Wildman–Crippen LogP) is -0.566. The molecule has 0 heterocycles. The van der Waals surface area contributed by atoms with Crippen LogP contribution >= 0.6 is 0 Å². The number of hydrogen-bond acceptors (Lipinski definition) is 1. The van der Waals surface area contributed by atoms with Gasteiger partial charge in [-0.25, -0.2) is 0 Å². The standard InChI is InChI=1S/C2H4OSe/c1-2(3)4/h1H3,(H,3,4). The molecule has 0 bridgehead atoms. The molecule has 0 aliphatic carbocycles. The molecule has 0 fully saturated rings. The third-order valence-corrected chi connectivity index (χ3v) is 0. The fourth-order valence-electron chi connectivity index (χ4n) is 0. The zero-order chi connectivity index (χ0) is 3.58. The summed E-state index contributed by atoms with van der Waals surface area (Å²) in [6.45, 7) is 1.50. The Morgan fingerprint density at radius 1 is 2.00 bits per heavy atom. The molecule has 2 heteroatoms. The van der Waals surface area contributed by atoms with Crippen molar-refractivity contribution in [2.24, 2.45) is 0 Å². The second-order valence-corrected chi connectivity index (χ2v) is 1.84. The maximum absolute atomic E-state index is 9.42. The quantitative estimate of drug-likeness (QED) is 0.394. The zero-order valence-corrected chi connectivity index (χ0v) is 4.23. The molecule has 0 aliphatic heterocycles. The SMILES string of the molecule is CC(=O)[SeH]. The van der Waals surface area contributed by atoms with Gasteiger partial charge in [-0.1, -0.05) is 0 Å². The Hall–Kier alpha value is 0.189. The number of hydrogen-bond donors (Lipinski definition) is 0. The summed E-state index contributed by atoms with van der Waals surface area (Å²) in [6, 6.07) is 0. The van der Waals surface area contributed by atoms with E-state index in [4.69, 9.17) is 0 Å². The van der Waals surface area contributed by atoms with Crippen molar-refractivity contribution in [3.63, 3.8) is 0 Å². The first-order valence-corrected chi connectivity index (χ1v) is 1.87.